The van der Waals surface area contributed by atoms with E-state index in [-0.39, 0.29) is 0 Å². The molecule has 16 heavy (non-hydrogen) atoms. The summed E-state index contributed by atoms with van der Waals surface area (Å²) in [5.41, 5.74) is 6.50. The Kier molecular flexibility index (Phi) is 3.46. The standard InChI is InChI=1S/C13H14BrNO/c14-10-4-5-11-9(8-10)3-6-13(16)12(11)2-1-7-15/h3-6,8,16H,1-2,7,15H2. The molecular weight excluding hydrogens is 266 g/mol. The van der Waals surface area contributed by atoms with Crippen LogP contribution in [0.4, 0.5) is 0 Å². The normalized spacial score (nSPS) is 10.9. The van der Waals surface area contributed by atoms with Crippen molar-refractivity contribution < 1.29 is 5.11 Å². The minimum atomic E-state index is 0.364. The summed E-state index contributed by atoms with van der Waals surface area (Å²) in [6.07, 6.45) is 1.71. The summed E-state index contributed by atoms with van der Waals surface area (Å²) < 4.78 is 1.05. The van der Waals surface area contributed by atoms with Gasteiger partial charge in [-0.3, -0.25) is 0 Å². The zero-order valence-corrected chi connectivity index (χ0v) is 10.5. The maximum absolute atomic E-state index is 9.85. The van der Waals surface area contributed by atoms with E-state index in [0.717, 1.165) is 33.7 Å². The minimum absolute atomic E-state index is 0.364. The summed E-state index contributed by atoms with van der Waals surface area (Å²) >= 11 is 3.45. The summed E-state index contributed by atoms with van der Waals surface area (Å²) in [7, 11) is 0. The lowest BCUT2D eigenvalue weighted by Crippen LogP contribution is -2.00. The van der Waals surface area contributed by atoms with Gasteiger partial charge in [0, 0.05) is 10.0 Å². The number of nitrogens with two attached hydrogens (primary N) is 1. The van der Waals surface area contributed by atoms with Crippen molar-refractivity contribution in [3.05, 3.63) is 40.4 Å². The van der Waals surface area contributed by atoms with Crippen LogP contribution in [0.2, 0.25) is 0 Å². The number of phenols is 1. The van der Waals surface area contributed by atoms with E-state index >= 15 is 0 Å². The molecule has 0 atom stereocenters. The molecule has 0 bridgehead atoms. The number of benzene rings is 2. The molecule has 3 heteroatoms. The fraction of sp³-hybridized carbons (Fsp3) is 0.231. The predicted octanol–water partition coefficient (Wildman–Crippen LogP) is 3.20. The van der Waals surface area contributed by atoms with Crippen LogP contribution in [0.25, 0.3) is 10.8 Å². The second-order valence-corrected chi connectivity index (χ2v) is 4.74. The Morgan fingerprint density at radius 2 is 2.00 bits per heavy atom. The average molecular weight is 280 g/mol. The molecule has 3 N–H and O–H groups in total. The van der Waals surface area contributed by atoms with Crippen LogP contribution in [-0.2, 0) is 6.42 Å². The lowest BCUT2D eigenvalue weighted by Gasteiger charge is -2.08. The van der Waals surface area contributed by atoms with Crippen molar-refractivity contribution in [1.82, 2.24) is 0 Å². The van der Waals surface area contributed by atoms with Crippen molar-refractivity contribution >= 4 is 26.7 Å². The Morgan fingerprint density at radius 1 is 1.19 bits per heavy atom. The van der Waals surface area contributed by atoms with E-state index in [1.54, 1.807) is 6.07 Å². The van der Waals surface area contributed by atoms with E-state index in [4.69, 9.17) is 5.73 Å². The molecule has 0 unspecified atom stereocenters. The summed E-state index contributed by atoms with van der Waals surface area (Å²) in [6, 6.07) is 9.77. The molecule has 84 valence electrons. The summed E-state index contributed by atoms with van der Waals surface area (Å²) in [5, 5.41) is 12.1. The Hall–Kier alpha value is -1.06. The number of halogens is 1. The molecule has 0 aliphatic heterocycles. The van der Waals surface area contributed by atoms with Crippen LogP contribution >= 0.6 is 15.9 Å². The zero-order chi connectivity index (χ0) is 11.5. The molecule has 0 saturated heterocycles. The fourth-order valence-corrected chi connectivity index (χ4v) is 2.27. The maximum atomic E-state index is 9.85. The third-order valence-corrected chi connectivity index (χ3v) is 3.19. The quantitative estimate of drug-likeness (QED) is 0.907. The molecule has 0 amide bonds. The van der Waals surface area contributed by atoms with Crippen molar-refractivity contribution in [1.29, 1.82) is 0 Å². The lowest BCUT2D eigenvalue weighted by atomic mass is 10.00. The Balaban J connectivity index is 2.55. The van der Waals surface area contributed by atoms with E-state index in [2.05, 4.69) is 22.0 Å². The van der Waals surface area contributed by atoms with Crippen LogP contribution in [0.5, 0.6) is 5.75 Å². The van der Waals surface area contributed by atoms with Crippen LogP contribution in [0.15, 0.2) is 34.8 Å². The summed E-state index contributed by atoms with van der Waals surface area (Å²) in [6.45, 7) is 0.645. The van der Waals surface area contributed by atoms with Gasteiger partial charge in [-0.15, -0.1) is 0 Å². The number of fused-ring (bicyclic) bond motifs is 1. The summed E-state index contributed by atoms with van der Waals surface area (Å²) in [5.74, 6) is 0.364. The minimum Gasteiger partial charge on any atom is -0.508 e. The summed E-state index contributed by atoms with van der Waals surface area (Å²) in [4.78, 5) is 0. The third-order valence-electron chi connectivity index (χ3n) is 2.70. The smallest absolute Gasteiger partial charge is 0.119 e. The molecule has 2 nitrogen and oxygen atoms in total. The van der Waals surface area contributed by atoms with Gasteiger partial charge in [0.05, 0.1) is 0 Å². The Bertz CT molecular complexity index is 511. The molecule has 0 aliphatic rings. The fourth-order valence-electron chi connectivity index (χ4n) is 1.90. The first-order chi connectivity index (χ1) is 7.72. The van der Waals surface area contributed by atoms with Crippen LogP contribution < -0.4 is 5.73 Å². The number of aryl methyl sites for hydroxylation is 1. The van der Waals surface area contributed by atoms with Crippen molar-refractivity contribution in [3.63, 3.8) is 0 Å². The molecule has 2 aromatic rings. The molecule has 0 fully saturated rings. The highest BCUT2D eigenvalue weighted by molar-refractivity contribution is 9.10. The van der Waals surface area contributed by atoms with Crippen LogP contribution in [0, 0.1) is 0 Å². The molecular formula is C13H14BrNO. The topological polar surface area (TPSA) is 46.2 Å². The van der Waals surface area contributed by atoms with Gasteiger partial charge in [-0.1, -0.05) is 28.1 Å². The first-order valence-electron chi connectivity index (χ1n) is 5.32. The van der Waals surface area contributed by atoms with Gasteiger partial charge in [-0.2, -0.15) is 0 Å². The zero-order valence-electron chi connectivity index (χ0n) is 8.91. The molecule has 0 spiro atoms. The molecule has 0 heterocycles. The van der Waals surface area contributed by atoms with E-state index in [1.165, 1.54) is 0 Å². The number of phenolic OH excluding ortho intramolecular Hbond substituents is 1. The Labute approximate surface area is 103 Å². The maximum Gasteiger partial charge on any atom is 0.119 e. The van der Waals surface area contributed by atoms with Gasteiger partial charge in [0.15, 0.2) is 0 Å². The van der Waals surface area contributed by atoms with E-state index in [1.807, 2.05) is 18.2 Å². The molecule has 2 aromatic carbocycles. The van der Waals surface area contributed by atoms with Gasteiger partial charge in [0.1, 0.15) is 5.75 Å². The van der Waals surface area contributed by atoms with Crippen LogP contribution in [0.3, 0.4) is 0 Å². The number of aromatic hydroxyl groups is 1. The number of hydrogen-bond donors (Lipinski definition) is 2. The molecule has 0 saturated carbocycles. The molecule has 0 aliphatic carbocycles. The van der Waals surface area contributed by atoms with Crippen LogP contribution in [0.1, 0.15) is 12.0 Å². The van der Waals surface area contributed by atoms with Gasteiger partial charge >= 0.3 is 0 Å². The lowest BCUT2D eigenvalue weighted by molar-refractivity contribution is 0.468. The van der Waals surface area contributed by atoms with E-state index in [0.29, 0.717) is 12.3 Å². The van der Waals surface area contributed by atoms with E-state index < -0.39 is 0 Å². The van der Waals surface area contributed by atoms with Gasteiger partial charge in [-0.25, -0.2) is 0 Å². The third kappa shape index (κ3) is 2.20. The second kappa shape index (κ2) is 4.85. The van der Waals surface area contributed by atoms with Crippen molar-refractivity contribution in [2.24, 2.45) is 5.73 Å². The first-order valence-corrected chi connectivity index (χ1v) is 6.12. The van der Waals surface area contributed by atoms with Gasteiger partial charge in [0.25, 0.3) is 0 Å². The molecule has 0 radical (unpaired) electrons. The van der Waals surface area contributed by atoms with Crippen molar-refractivity contribution in [2.45, 2.75) is 12.8 Å². The van der Waals surface area contributed by atoms with Gasteiger partial charge in [-0.05, 0) is 48.4 Å². The molecule has 0 aromatic heterocycles. The average Bonchev–Trinajstić information content (AvgIpc) is 2.28. The first kappa shape index (κ1) is 11.4. The monoisotopic (exact) mass is 279 g/mol. The van der Waals surface area contributed by atoms with Gasteiger partial charge < -0.3 is 10.8 Å². The molecule has 2 rings (SSSR count). The second-order valence-electron chi connectivity index (χ2n) is 3.82. The van der Waals surface area contributed by atoms with E-state index in [9.17, 15) is 5.11 Å². The largest absolute Gasteiger partial charge is 0.508 e. The SMILES string of the molecule is NCCCc1c(O)ccc2cc(Br)ccc12. The highest BCUT2D eigenvalue weighted by atomic mass is 79.9. The number of hydrogen-bond acceptors (Lipinski definition) is 2. The predicted molar refractivity (Wildman–Crippen MR) is 70.7 cm³/mol. The highest BCUT2D eigenvalue weighted by Crippen LogP contribution is 2.30. The van der Waals surface area contributed by atoms with Crippen molar-refractivity contribution in [3.8, 4) is 5.75 Å². The van der Waals surface area contributed by atoms with Gasteiger partial charge in [0.2, 0.25) is 0 Å². The Morgan fingerprint density at radius 3 is 2.75 bits per heavy atom. The van der Waals surface area contributed by atoms with Crippen molar-refractivity contribution in [2.75, 3.05) is 6.54 Å². The van der Waals surface area contributed by atoms with Crippen LogP contribution in [-0.4, -0.2) is 11.7 Å². The number of rotatable bonds is 3. The highest BCUT2D eigenvalue weighted by Gasteiger charge is 2.06.